The minimum absolute atomic E-state index is 0.00993. The Labute approximate surface area is 168 Å². The van der Waals surface area contributed by atoms with Crippen LogP contribution in [0.25, 0.3) is 0 Å². The Morgan fingerprint density at radius 3 is 2.10 bits per heavy atom. The van der Waals surface area contributed by atoms with E-state index in [0.29, 0.717) is 11.4 Å². The molecule has 0 bridgehead atoms. The minimum Gasteiger partial charge on any atom is -0.484 e. The molecule has 0 aromatic heterocycles. The number of ether oxygens (including phenoxy) is 1. The van der Waals surface area contributed by atoms with E-state index >= 15 is 0 Å². The van der Waals surface area contributed by atoms with Crippen molar-refractivity contribution in [1.29, 1.82) is 0 Å². The summed E-state index contributed by atoms with van der Waals surface area (Å²) in [7, 11) is -3.83. The summed E-state index contributed by atoms with van der Waals surface area (Å²) in [5.41, 5.74) is 1.77. The van der Waals surface area contributed by atoms with Crippen molar-refractivity contribution in [2.24, 2.45) is 0 Å². The molecule has 3 rings (SSSR count). The number of sulfonamides is 1. The normalized spacial score (nSPS) is 11.0. The quantitative estimate of drug-likeness (QED) is 0.613. The fraction of sp³-hybridized carbons (Fsp3) is 0.0952. The summed E-state index contributed by atoms with van der Waals surface area (Å²) < 4.78 is 45.5. The number of carbonyl (C=O) groups excluding carboxylic acids is 1. The van der Waals surface area contributed by atoms with Crippen LogP contribution >= 0.6 is 0 Å². The fourth-order valence-electron chi connectivity index (χ4n) is 2.43. The SMILES string of the molecule is Cc1ccc(OCC(=O)Nc2ccc(S(=O)(=O)Nc3ccc(F)cc3)cc2)cc1. The van der Waals surface area contributed by atoms with Crippen LogP contribution in [0.3, 0.4) is 0 Å². The first kappa shape index (κ1) is 20.3. The summed E-state index contributed by atoms with van der Waals surface area (Å²) >= 11 is 0. The van der Waals surface area contributed by atoms with Crippen LogP contribution in [0.2, 0.25) is 0 Å². The molecule has 0 aliphatic rings. The molecule has 150 valence electrons. The molecule has 8 heteroatoms. The number of aryl methyl sites for hydroxylation is 1. The summed E-state index contributed by atoms with van der Waals surface area (Å²) in [5, 5.41) is 2.64. The molecule has 0 atom stereocenters. The monoisotopic (exact) mass is 414 g/mol. The van der Waals surface area contributed by atoms with Crippen LogP contribution in [-0.4, -0.2) is 20.9 Å². The maximum absolute atomic E-state index is 12.9. The molecule has 0 aliphatic carbocycles. The fourth-order valence-corrected chi connectivity index (χ4v) is 3.49. The second-order valence-electron chi connectivity index (χ2n) is 6.29. The summed E-state index contributed by atoms with van der Waals surface area (Å²) in [4.78, 5) is 12.0. The molecule has 6 nitrogen and oxygen atoms in total. The number of anilines is 2. The summed E-state index contributed by atoms with van der Waals surface area (Å²) in [6.07, 6.45) is 0. The zero-order chi connectivity index (χ0) is 20.9. The molecule has 0 unspecified atom stereocenters. The number of rotatable bonds is 7. The Hall–Kier alpha value is -3.39. The molecule has 3 aromatic rings. The minimum atomic E-state index is -3.83. The number of benzene rings is 3. The average molecular weight is 414 g/mol. The number of halogens is 1. The van der Waals surface area contributed by atoms with Gasteiger partial charge in [0.2, 0.25) is 0 Å². The van der Waals surface area contributed by atoms with Crippen LogP contribution in [0, 0.1) is 12.7 Å². The van der Waals surface area contributed by atoms with Crippen molar-refractivity contribution in [2.45, 2.75) is 11.8 Å². The van der Waals surface area contributed by atoms with E-state index in [0.717, 1.165) is 17.7 Å². The smallest absolute Gasteiger partial charge is 0.262 e. The predicted octanol–water partition coefficient (Wildman–Crippen LogP) is 3.95. The Kier molecular flexibility index (Phi) is 6.13. The van der Waals surface area contributed by atoms with Crippen molar-refractivity contribution >= 4 is 27.3 Å². The van der Waals surface area contributed by atoms with Gasteiger partial charge in [-0.1, -0.05) is 17.7 Å². The summed E-state index contributed by atoms with van der Waals surface area (Å²) in [6.45, 7) is 1.78. The van der Waals surface area contributed by atoms with Crippen molar-refractivity contribution < 1.29 is 22.3 Å². The van der Waals surface area contributed by atoms with Gasteiger partial charge >= 0.3 is 0 Å². The third-order valence-electron chi connectivity index (χ3n) is 3.94. The van der Waals surface area contributed by atoms with E-state index in [9.17, 15) is 17.6 Å². The van der Waals surface area contributed by atoms with Gasteiger partial charge in [0.25, 0.3) is 15.9 Å². The highest BCUT2D eigenvalue weighted by Crippen LogP contribution is 2.19. The van der Waals surface area contributed by atoms with Crippen molar-refractivity contribution in [3.8, 4) is 5.75 Å². The Bertz CT molecular complexity index is 1080. The number of hydrogen-bond donors (Lipinski definition) is 2. The highest BCUT2D eigenvalue weighted by Gasteiger charge is 2.14. The van der Waals surface area contributed by atoms with Crippen LogP contribution in [-0.2, 0) is 14.8 Å². The molecule has 0 saturated heterocycles. The molecule has 0 heterocycles. The Balaban J connectivity index is 1.58. The molecule has 1 amide bonds. The molecule has 0 radical (unpaired) electrons. The first-order chi connectivity index (χ1) is 13.8. The summed E-state index contributed by atoms with van der Waals surface area (Å²) in [5.74, 6) is -0.246. The van der Waals surface area contributed by atoms with Gasteiger partial charge in [-0.25, -0.2) is 12.8 Å². The van der Waals surface area contributed by atoms with Crippen LogP contribution in [0.5, 0.6) is 5.75 Å². The topological polar surface area (TPSA) is 84.5 Å². The number of nitrogens with one attached hydrogen (secondary N) is 2. The first-order valence-electron chi connectivity index (χ1n) is 8.70. The van der Waals surface area contributed by atoms with Gasteiger partial charge in [-0.3, -0.25) is 9.52 Å². The largest absolute Gasteiger partial charge is 0.484 e. The first-order valence-corrected chi connectivity index (χ1v) is 10.2. The lowest BCUT2D eigenvalue weighted by atomic mass is 10.2. The van der Waals surface area contributed by atoms with E-state index in [2.05, 4.69) is 10.0 Å². The predicted molar refractivity (Wildman–Crippen MR) is 109 cm³/mol. The third-order valence-corrected chi connectivity index (χ3v) is 5.33. The van der Waals surface area contributed by atoms with Gasteiger partial charge in [0.15, 0.2) is 6.61 Å². The standard InChI is InChI=1S/C21H19FN2O4S/c1-15-2-10-19(11-3-15)28-14-21(25)23-17-8-12-20(13-9-17)29(26,27)24-18-6-4-16(22)5-7-18/h2-13,24H,14H2,1H3,(H,23,25). The molecule has 29 heavy (non-hydrogen) atoms. The summed E-state index contributed by atoms with van der Waals surface area (Å²) in [6, 6.07) is 18.0. The van der Waals surface area contributed by atoms with Crippen LogP contribution < -0.4 is 14.8 Å². The molecular formula is C21H19FN2O4S. The second kappa shape index (κ2) is 8.74. The van der Waals surface area contributed by atoms with Crippen LogP contribution in [0.1, 0.15) is 5.56 Å². The van der Waals surface area contributed by atoms with Crippen molar-refractivity contribution in [2.75, 3.05) is 16.6 Å². The molecule has 0 aliphatic heterocycles. The van der Waals surface area contributed by atoms with Crippen LogP contribution in [0.4, 0.5) is 15.8 Å². The highest BCUT2D eigenvalue weighted by atomic mass is 32.2. The molecular weight excluding hydrogens is 395 g/mol. The van der Waals surface area contributed by atoms with E-state index in [1.807, 2.05) is 19.1 Å². The van der Waals surface area contributed by atoms with Crippen molar-refractivity contribution in [3.63, 3.8) is 0 Å². The van der Waals surface area contributed by atoms with E-state index < -0.39 is 15.8 Å². The highest BCUT2D eigenvalue weighted by molar-refractivity contribution is 7.92. The van der Waals surface area contributed by atoms with Gasteiger partial charge in [-0.05, 0) is 67.6 Å². The number of amides is 1. The third kappa shape index (κ3) is 5.79. The molecule has 3 aromatic carbocycles. The van der Waals surface area contributed by atoms with Crippen LogP contribution in [0.15, 0.2) is 77.7 Å². The van der Waals surface area contributed by atoms with Gasteiger partial charge in [0.05, 0.1) is 4.90 Å². The van der Waals surface area contributed by atoms with E-state index in [1.54, 1.807) is 12.1 Å². The zero-order valence-electron chi connectivity index (χ0n) is 15.6. The maximum atomic E-state index is 12.9. The molecule has 2 N–H and O–H groups in total. The van der Waals surface area contributed by atoms with Crippen molar-refractivity contribution in [1.82, 2.24) is 0 Å². The van der Waals surface area contributed by atoms with Gasteiger partial charge in [-0.15, -0.1) is 0 Å². The number of hydrogen-bond acceptors (Lipinski definition) is 4. The number of carbonyl (C=O) groups is 1. The van der Waals surface area contributed by atoms with E-state index in [1.165, 1.54) is 36.4 Å². The molecule has 0 saturated carbocycles. The van der Waals surface area contributed by atoms with Gasteiger partial charge in [-0.2, -0.15) is 0 Å². The van der Waals surface area contributed by atoms with Gasteiger partial charge in [0, 0.05) is 11.4 Å². The zero-order valence-corrected chi connectivity index (χ0v) is 16.4. The maximum Gasteiger partial charge on any atom is 0.262 e. The van der Waals surface area contributed by atoms with Gasteiger partial charge in [0.1, 0.15) is 11.6 Å². The Morgan fingerprint density at radius 2 is 1.48 bits per heavy atom. The molecule has 0 fully saturated rings. The van der Waals surface area contributed by atoms with Crippen molar-refractivity contribution in [3.05, 3.63) is 84.2 Å². The van der Waals surface area contributed by atoms with Gasteiger partial charge < -0.3 is 10.1 Å². The van der Waals surface area contributed by atoms with E-state index in [-0.39, 0.29) is 23.1 Å². The average Bonchev–Trinajstić information content (AvgIpc) is 2.70. The van der Waals surface area contributed by atoms with E-state index in [4.69, 9.17) is 4.74 Å². The Morgan fingerprint density at radius 1 is 0.897 bits per heavy atom. The lowest BCUT2D eigenvalue weighted by Crippen LogP contribution is -2.20. The molecule has 0 spiro atoms. The second-order valence-corrected chi connectivity index (χ2v) is 7.97. The lowest BCUT2D eigenvalue weighted by molar-refractivity contribution is -0.118. The lowest BCUT2D eigenvalue weighted by Gasteiger charge is -2.10.